The van der Waals surface area contributed by atoms with E-state index in [-0.39, 0.29) is 18.6 Å². The van der Waals surface area contributed by atoms with Gasteiger partial charge in [0, 0.05) is 4.47 Å². The molecule has 3 nitrogen and oxygen atoms in total. The van der Waals surface area contributed by atoms with Crippen LogP contribution in [0.2, 0.25) is 5.02 Å². The van der Waals surface area contributed by atoms with Crippen molar-refractivity contribution in [2.75, 3.05) is 6.61 Å². The first-order valence-electron chi connectivity index (χ1n) is 7.73. The predicted molar refractivity (Wildman–Crippen MR) is 102 cm³/mol. The molecule has 1 N–H and O–H groups in total. The van der Waals surface area contributed by atoms with E-state index in [1.165, 1.54) is 16.7 Å². The van der Waals surface area contributed by atoms with E-state index in [2.05, 4.69) is 54.2 Å². The lowest BCUT2D eigenvalue weighted by Gasteiger charge is -2.18. The van der Waals surface area contributed by atoms with Crippen LogP contribution in [-0.4, -0.2) is 12.5 Å². The highest BCUT2D eigenvalue weighted by Gasteiger charge is 2.14. The highest BCUT2D eigenvalue weighted by molar-refractivity contribution is 9.10. The second-order valence-corrected chi connectivity index (χ2v) is 7.27. The first-order valence-corrected chi connectivity index (χ1v) is 8.90. The monoisotopic (exact) mass is 409 g/mol. The SMILES string of the molecule is Cc1cc(C)c([C@H](C)NC(=O)COc2ccc(Br)cc2Cl)cc1C. The standard InChI is InChI=1S/C19H21BrClNO2/c1-11-7-13(3)16(8-12(11)2)14(4)22-19(23)10-24-18-6-5-15(20)9-17(18)21/h5-9,14H,10H2,1-4H3,(H,22,23)/t14-/m0/s1. The van der Waals surface area contributed by atoms with Gasteiger partial charge in [0.15, 0.2) is 6.61 Å². The third-order valence-corrected chi connectivity index (χ3v) is 4.77. The molecule has 0 spiro atoms. The Hall–Kier alpha value is -1.52. The number of rotatable bonds is 5. The van der Waals surface area contributed by atoms with Crippen molar-refractivity contribution in [3.05, 3.63) is 62.1 Å². The first kappa shape index (κ1) is 18.8. The number of hydrogen-bond donors (Lipinski definition) is 1. The largest absolute Gasteiger partial charge is 0.482 e. The summed E-state index contributed by atoms with van der Waals surface area (Å²) in [4.78, 5) is 12.2. The van der Waals surface area contributed by atoms with Crippen LogP contribution in [-0.2, 0) is 4.79 Å². The zero-order valence-corrected chi connectivity index (χ0v) is 16.6. The van der Waals surface area contributed by atoms with E-state index in [4.69, 9.17) is 16.3 Å². The average molecular weight is 411 g/mol. The number of ether oxygens (including phenoxy) is 1. The van der Waals surface area contributed by atoms with Crippen LogP contribution in [0.4, 0.5) is 0 Å². The Morgan fingerprint density at radius 1 is 1.17 bits per heavy atom. The molecule has 0 fully saturated rings. The van der Waals surface area contributed by atoms with Gasteiger partial charge in [0.25, 0.3) is 5.91 Å². The summed E-state index contributed by atoms with van der Waals surface area (Å²) in [6.45, 7) is 8.12. The summed E-state index contributed by atoms with van der Waals surface area (Å²) in [5.41, 5.74) is 4.76. The number of carbonyl (C=O) groups is 1. The van der Waals surface area contributed by atoms with Gasteiger partial charge in [-0.15, -0.1) is 0 Å². The fraction of sp³-hybridized carbons (Fsp3) is 0.316. The summed E-state index contributed by atoms with van der Waals surface area (Å²) < 4.78 is 6.36. The number of carbonyl (C=O) groups excluding carboxylic acids is 1. The number of benzene rings is 2. The zero-order valence-electron chi connectivity index (χ0n) is 14.2. The molecule has 0 saturated heterocycles. The average Bonchev–Trinajstić information content (AvgIpc) is 2.50. The van der Waals surface area contributed by atoms with Gasteiger partial charge < -0.3 is 10.1 Å². The van der Waals surface area contributed by atoms with Crippen molar-refractivity contribution in [1.29, 1.82) is 0 Å². The Kier molecular flexibility index (Phi) is 6.30. The van der Waals surface area contributed by atoms with Crippen LogP contribution in [0.15, 0.2) is 34.8 Å². The quantitative estimate of drug-likeness (QED) is 0.728. The molecule has 0 unspecified atom stereocenters. The highest BCUT2D eigenvalue weighted by Crippen LogP contribution is 2.27. The number of aryl methyl sites for hydroxylation is 3. The molecule has 0 bridgehead atoms. The molecule has 0 aliphatic heterocycles. The summed E-state index contributed by atoms with van der Waals surface area (Å²) in [5, 5.41) is 3.44. The van der Waals surface area contributed by atoms with Crippen LogP contribution < -0.4 is 10.1 Å². The Morgan fingerprint density at radius 2 is 1.83 bits per heavy atom. The van der Waals surface area contributed by atoms with Crippen LogP contribution in [0.5, 0.6) is 5.75 Å². The summed E-state index contributed by atoms with van der Waals surface area (Å²) in [7, 11) is 0. The van der Waals surface area contributed by atoms with Crippen LogP contribution in [0.3, 0.4) is 0 Å². The smallest absolute Gasteiger partial charge is 0.258 e. The molecule has 0 aliphatic carbocycles. The summed E-state index contributed by atoms with van der Waals surface area (Å²) in [6, 6.07) is 9.47. The lowest BCUT2D eigenvalue weighted by Crippen LogP contribution is -2.31. The fourth-order valence-electron chi connectivity index (χ4n) is 2.55. The Bertz CT molecular complexity index is 761. The van der Waals surface area contributed by atoms with Crippen molar-refractivity contribution < 1.29 is 9.53 Å². The van der Waals surface area contributed by atoms with Crippen LogP contribution in [0.25, 0.3) is 0 Å². The number of amides is 1. The lowest BCUT2D eigenvalue weighted by molar-refractivity contribution is -0.123. The molecule has 0 radical (unpaired) electrons. The highest BCUT2D eigenvalue weighted by atomic mass is 79.9. The molecule has 0 aliphatic rings. The van der Waals surface area contributed by atoms with E-state index in [1.807, 2.05) is 13.0 Å². The van der Waals surface area contributed by atoms with E-state index in [1.54, 1.807) is 12.1 Å². The van der Waals surface area contributed by atoms with Crippen molar-refractivity contribution in [3.8, 4) is 5.75 Å². The van der Waals surface area contributed by atoms with Crippen molar-refractivity contribution in [3.63, 3.8) is 0 Å². The maximum Gasteiger partial charge on any atom is 0.258 e. The van der Waals surface area contributed by atoms with Crippen molar-refractivity contribution >= 4 is 33.4 Å². The fourth-order valence-corrected chi connectivity index (χ4v) is 3.27. The van der Waals surface area contributed by atoms with E-state index < -0.39 is 0 Å². The van der Waals surface area contributed by atoms with Gasteiger partial charge in [-0.25, -0.2) is 0 Å². The van der Waals surface area contributed by atoms with Gasteiger partial charge in [-0.1, -0.05) is 39.7 Å². The first-order chi connectivity index (χ1) is 11.3. The summed E-state index contributed by atoms with van der Waals surface area (Å²) >= 11 is 9.41. The predicted octanol–water partition coefficient (Wildman–Crippen LogP) is 5.28. The van der Waals surface area contributed by atoms with Gasteiger partial charge in [0.2, 0.25) is 0 Å². The Morgan fingerprint density at radius 3 is 2.50 bits per heavy atom. The van der Waals surface area contributed by atoms with Crippen molar-refractivity contribution in [2.45, 2.75) is 33.7 Å². The zero-order chi connectivity index (χ0) is 17.9. The minimum absolute atomic E-state index is 0.0738. The molecule has 24 heavy (non-hydrogen) atoms. The number of nitrogens with one attached hydrogen (secondary N) is 1. The van der Waals surface area contributed by atoms with Gasteiger partial charge in [-0.3, -0.25) is 4.79 Å². The molecule has 1 amide bonds. The van der Waals surface area contributed by atoms with E-state index in [0.29, 0.717) is 10.8 Å². The maximum atomic E-state index is 12.2. The molecule has 2 aromatic carbocycles. The minimum atomic E-state index is -0.181. The molecular weight excluding hydrogens is 390 g/mol. The molecule has 1 atom stereocenters. The Balaban J connectivity index is 1.98. The van der Waals surface area contributed by atoms with E-state index in [9.17, 15) is 4.79 Å². The normalized spacial score (nSPS) is 11.9. The van der Waals surface area contributed by atoms with E-state index >= 15 is 0 Å². The molecule has 0 saturated carbocycles. The topological polar surface area (TPSA) is 38.3 Å². The molecule has 2 rings (SSSR count). The van der Waals surface area contributed by atoms with Gasteiger partial charge in [-0.05, 0) is 68.1 Å². The lowest BCUT2D eigenvalue weighted by atomic mass is 9.96. The van der Waals surface area contributed by atoms with Crippen LogP contribution in [0.1, 0.15) is 35.2 Å². The molecular formula is C19H21BrClNO2. The molecule has 0 heterocycles. The molecule has 0 aromatic heterocycles. The maximum absolute atomic E-state index is 12.2. The van der Waals surface area contributed by atoms with Gasteiger partial charge in [0.1, 0.15) is 5.75 Å². The van der Waals surface area contributed by atoms with Crippen LogP contribution in [0, 0.1) is 20.8 Å². The number of hydrogen-bond acceptors (Lipinski definition) is 2. The second kappa shape index (κ2) is 8.04. The van der Waals surface area contributed by atoms with Crippen molar-refractivity contribution in [2.24, 2.45) is 0 Å². The minimum Gasteiger partial charge on any atom is -0.482 e. The van der Waals surface area contributed by atoms with Gasteiger partial charge in [-0.2, -0.15) is 0 Å². The van der Waals surface area contributed by atoms with E-state index in [0.717, 1.165) is 10.0 Å². The van der Waals surface area contributed by atoms with Gasteiger partial charge >= 0.3 is 0 Å². The van der Waals surface area contributed by atoms with Crippen LogP contribution >= 0.6 is 27.5 Å². The summed E-state index contributed by atoms with van der Waals surface area (Å²) in [5.74, 6) is 0.309. The number of halogens is 2. The third kappa shape index (κ3) is 4.74. The molecule has 5 heteroatoms. The van der Waals surface area contributed by atoms with Gasteiger partial charge in [0.05, 0.1) is 11.1 Å². The third-order valence-electron chi connectivity index (χ3n) is 3.98. The van der Waals surface area contributed by atoms with Crippen molar-refractivity contribution in [1.82, 2.24) is 5.32 Å². The summed E-state index contributed by atoms with van der Waals surface area (Å²) in [6.07, 6.45) is 0. The molecule has 2 aromatic rings. The second-order valence-electron chi connectivity index (χ2n) is 5.95. The Labute approximate surface area is 156 Å². The molecule has 128 valence electrons.